The highest BCUT2D eigenvalue weighted by Gasteiger charge is 2.16. The number of fused-ring (bicyclic) bond motifs is 1. The molecule has 0 saturated heterocycles. The molecular formula is C11H9ClFNO4. The van der Waals surface area contributed by atoms with E-state index in [0.29, 0.717) is 6.20 Å². The Morgan fingerprint density at radius 2 is 2.11 bits per heavy atom. The van der Waals surface area contributed by atoms with Crippen molar-refractivity contribution in [2.75, 3.05) is 7.11 Å². The molecule has 0 unspecified atom stereocenters. The Balaban J connectivity index is 0.00000162. The minimum absolute atomic E-state index is 0. The van der Waals surface area contributed by atoms with Crippen molar-refractivity contribution >= 4 is 29.3 Å². The van der Waals surface area contributed by atoms with Gasteiger partial charge in [0.15, 0.2) is 0 Å². The number of hydrogen-bond donors (Lipinski definition) is 1. The fraction of sp³-hybridized carbons (Fsp3) is 0.0909. The third-order valence-electron chi connectivity index (χ3n) is 2.39. The second-order valence-electron chi connectivity index (χ2n) is 3.34. The molecule has 96 valence electrons. The third kappa shape index (κ3) is 2.02. The fourth-order valence-corrected chi connectivity index (χ4v) is 1.62. The molecule has 2 aromatic rings. The number of para-hydroxylation sites is 1. The van der Waals surface area contributed by atoms with Crippen LogP contribution in [0.15, 0.2) is 29.2 Å². The molecule has 18 heavy (non-hydrogen) atoms. The van der Waals surface area contributed by atoms with Crippen LogP contribution in [-0.2, 0) is 0 Å². The van der Waals surface area contributed by atoms with E-state index >= 15 is 0 Å². The highest BCUT2D eigenvalue weighted by atomic mass is 35.5. The Labute approximate surface area is 107 Å². The number of carbonyl (C=O) groups is 1. The molecule has 0 atom stereocenters. The van der Waals surface area contributed by atoms with Crippen LogP contribution < -0.4 is 10.2 Å². The highest BCUT2D eigenvalue weighted by Crippen LogP contribution is 2.23. The van der Waals surface area contributed by atoms with Crippen LogP contribution in [0.3, 0.4) is 0 Å². The SMILES string of the molecule is COc1cccc2c(=O)c(C(=O)O)cn(F)c12.Cl. The van der Waals surface area contributed by atoms with Crippen molar-refractivity contribution in [3.8, 4) is 5.75 Å². The van der Waals surface area contributed by atoms with Gasteiger partial charge in [-0.25, -0.2) is 4.79 Å². The number of carboxylic acid groups (broad SMARTS) is 1. The number of halogens is 2. The molecule has 0 spiro atoms. The molecular weight excluding hydrogens is 265 g/mol. The second-order valence-corrected chi connectivity index (χ2v) is 3.34. The van der Waals surface area contributed by atoms with Gasteiger partial charge in [0.1, 0.15) is 16.8 Å². The Hall–Kier alpha value is -2.08. The highest BCUT2D eigenvalue weighted by molar-refractivity contribution is 5.94. The molecule has 0 saturated carbocycles. The zero-order chi connectivity index (χ0) is 12.6. The van der Waals surface area contributed by atoms with E-state index in [0.717, 1.165) is 0 Å². The number of pyridine rings is 1. The molecule has 1 aromatic heterocycles. The number of aromatic nitrogens is 1. The van der Waals surface area contributed by atoms with Crippen molar-refractivity contribution in [3.05, 3.63) is 40.2 Å². The van der Waals surface area contributed by atoms with Crippen LogP contribution in [0.25, 0.3) is 10.9 Å². The lowest BCUT2D eigenvalue weighted by Gasteiger charge is -2.07. The molecule has 0 aliphatic heterocycles. The summed E-state index contributed by atoms with van der Waals surface area (Å²) in [6, 6.07) is 4.33. The van der Waals surface area contributed by atoms with Gasteiger partial charge >= 0.3 is 5.97 Å². The Bertz CT molecular complexity index is 668. The van der Waals surface area contributed by atoms with E-state index in [1.165, 1.54) is 25.3 Å². The van der Waals surface area contributed by atoms with E-state index in [-0.39, 0.29) is 33.8 Å². The number of benzene rings is 1. The largest absolute Gasteiger partial charge is 0.494 e. The second kappa shape index (κ2) is 5.05. The van der Waals surface area contributed by atoms with Gasteiger partial charge in [-0.3, -0.25) is 4.79 Å². The maximum atomic E-state index is 13.7. The van der Waals surface area contributed by atoms with E-state index < -0.39 is 17.0 Å². The smallest absolute Gasteiger partial charge is 0.341 e. The minimum Gasteiger partial charge on any atom is -0.494 e. The number of nitrogens with zero attached hydrogens (tertiary/aromatic N) is 1. The predicted molar refractivity (Wildman–Crippen MR) is 65.5 cm³/mol. The van der Waals surface area contributed by atoms with Gasteiger partial charge in [-0.15, -0.1) is 12.4 Å². The van der Waals surface area contributed by atoms with Crippen LogP contribution in [0, 0.1) is 0 Å². The summed E-state index contributed by atoms with van der Waals surface area (Å²) in [6.45, 7) is 0. The Kier molecular flexibility index (Phi) is 3.93. The van der Waals surface area contributed by atoms with E-state index in [9.17, 15) is 14.1 Å². The maximum absolute atomic E-state index is 13.7. The molecule has 1 heterocycles. The van der Waals surface area contributed by atoms with Crippen molar-refractivity contribution in [2.45, 2.75) is 0 Å². The van der Waals surface area contributed by atoms with Gasteiger partial charge in [0.2, 0.25) is 5.43 Å². The third-order valence-corrected chi connectivity index (χ3v) is 2.39. The molecule has 0 aliphatic carbocycles. The van der Waals surface area contributed by atoms with Gasteiger partial charge < -0.3 is 9.84 Å². The van der Waals surface area contributed by atoms with Gasteiger partial charge in [-0.05, 0) is 12.1 Å². The van der Waals surface area contributed by atoms with Crippen LogP contribution in [0.1, 0.15) is 10.4 Å². The standard InChI is InChI=1S/C11H8FNO4.ClH/c1-17-8-4-2-3-6-9(8)13(12)5-7(10(6)14)11(15)16;/h2-5H,1H3,(H,15,16);1H. The van der Waals surface area contributed by atoms with Gasteiger partial charge in [0.25, 0.3) is 0 Å². The lowest BCUT2D eigenvalue weighted by Crippen LogP contribution is -2.17. The molecule has 1 aromatic carbocycles. The molecule has 0 aliphatic rings. The van der Waals surface area contributed by atoms with Crippen LogP contribution in [0.2, 0.25) is 0 Å². The average molecular weight is 274 g/mol. The molecule has 1 N–H and O–H groups in total. The van der Waals surface area contributed by atoms with Gasteiger partial charge in [0, 0.05) is 0 Å². The zero-order valence-corrected chi connectivity index (χ0v) is 10.0. The number of hydrogen-bond acceptors (Lipinski definition) is 3. The average Bonchev–Trinajstić information content (AvgIpc) is 2.32. The summed E-state index contributed by atoms with van der Waals surface area (Å²) >= 11 is 0. The summed E-state index contributed by atoms with van der Waals surface area (Å²) in [6.07, 6.45) is 0.634. The molecule has 0 radical (unpaired) electrons. The number of methoxy groups -OCH3 is 1. The van der Waals surface area contributed by atoms with Gasteiger partial charge in [0.05, 0.1) is 18.7 Å². The lowest BCUT2D eigenvalue weighted by molar-refractivity contribution is 0.0693. The quantitative estimate of drug-likeness (QED) is 0.907. The van der Waals surface area contributed by atoms with Gasteiger partial charge in [-0.1, -0.05) is 10.5 Å². The van der Waals surface area contributed by atoms with Gasteiger partial charge in [-0.2, -0.15) is 4.79 Å². The molecule has 2 rings (SSSR count). The fourth-order valence-electron chi connectivity index (χ4n) is 1.62. The molecule has 5 nitrogen and oxygen atoms in total. The van der Waals surface area contributed by atoms with E-state index in [1.807, 2.05) is 0 Å². The van der Waals surface area contributed by atoms with Crippen molar-refractivity contribution in [1.29, 1.82) is 0 Å². The van der Waals surface area contributed by atoms with Crippen molar-refractivity contribution < 1.29 is 19.1 Å². The van der Waals surface area contributed by atoms with Crippen LogP contribution in [0.5, 0.6) is 5.75 Å². The van der Waals surface area contributed by atoms with Crippen LogP contribution >= 0.6 is 12.4 Å². The first kappa shape index (κ1) is 14.0. The van der Waals surface area contributed by atoms with Crippen molar-refractivity contribution in [1.82, 2.24) is 4.79 Å². The first-order chi connectivity index (χ1) is 8.06. The summed E-state index contributed by atoms with van der Waals surface area (Å²) in [5.41, 5.74) is -1.43. The summed E-state index contributed by atoms with van der Waals surface area (Å²) in [4.78, 5) is 22.6. The van der Waals surface area contributed by atoms with Crippen molar-refractivity contribution in [2.24, 2.45) is 0 Å². The monoisotopic (exact) mass is 273 g/mol. The molecule has 0 bridgehead atoms. The predicted octanol–water partition coefficient (Wildman–Crippen LogP) is 1.86. The molecule has 7 heteroatoms. The number of rotatable bonds is 2. The number of carboxylic acids is 1. The van der Waals surface area contributed by atoms with E-state index in [1.54, 1.807) is 0 Å². The van der Waals surface area contributed by atoms with Crippen molar-refractivity contribution in [3.63, 3.8) is 0 Å². The first-order valence-corrected chi connectivity index (χ1v) is 4.68. The lowest BCUT2D eigenvalue weighted by atomic mass is 10.1. The number of aromatic carboxylic acids is 1. The summed E-state index contributed by atoms with van der Waals surface area (Å²) in [5.74, 6) is -1.30. The first-order valence-electron chi connectivity index (χ1n) is 4.68. The molecule has 0 fully saturated rings. The van der Waals surface area contributed by atoms with E-state index in [2.05, 4.69) is 0 Å². The Morgan fingerprint density at radius 3 is 2.67 bits per heavy atom. The summed E-state index contributed by atoms with van der Waals surface area (Å²) < 4.78 is 18.6. The van der Waals surface area contributed by atoms with Crippen LogP contribution in [0.4, 0.5) is 4.48 Å². The normalized spacial score (nSPS) is 9.89. The van der Waals surface area contributed by atoms with Crippen LogP contribution in [-0.4, -0.2) is 23.0 Å². The minimum atomic E-state index is -1.47. The number of ether oxygens (including phenoxy) is 1. The summed E-state index contributed by atoms with van der Waals surface area (Å²) in [7, 11) is 1.34. The van der Waals surface area contributed by atoms with E-state index in [4.69, 9.17) is 9.84 Å². The molecule has 0 amide bonds. The topological polar surface area (TPSA) is 68.5 Å². The maximum Gasteiger partial charge on any atom is 0.341 e. The zero-order valence-electron chi connectivity index (χ0n) is 9.21. The summed E-state index contributed by atoms with van der Waals surface area (Å²) in [5, 5.41) is 8.73. The Morgan fingerprint density at radius 1 is 1.44 bits per heavy atom.